The normalized spacial score (nSPS) is 14.1. The molecule has 0 aliphatic carbocycles. The highest BCUT2D eigenvalue weighted by Gasteiger charge is 2.20. The molecule has 0 unspecified atom stereocenters. The largest absolute Gasteiger partial charge is 0.508 e. The molecule has 0 radical (unpaired) electrons. The maximum atomic E-state index is 10.1. The number of halogens is 1. The van der Waals surface area contributed by atoms with Gasteiger partial charge in [-0.25, -0.2) is 0 Å². The highest BCUT2D eigenvalue weighted by molar-refractivity contribution is 14.0. The van der Waals surface area contributed by atoms with Crippen molar-refractivity contribution in [3.8, 4) is 17.2 Å². The number of hydrogen-bond acceptors (Lipinski definition) is 5. The van der Waals surface area contributed by atoms with Gasteiger partial charge in [0, 0.05) is 57.1 Å². The van der Waals surface area contributed by atoms with Crippen LogP contribution < -0.4 is 19.7 Å². The standard InChI is InChI=1S/C23H32N4O3.HI/c1-4-24-23(25-11-10-18-8-9-21(30-3)17-22(18)28)27-14-12-26(13-15-27)19-6-5-7-20(16-19)29-2;/h5-9,16-17,28H,4,10-15H2,1-3H3,(H,24,25);1H. The van der Waals surface area contributed by atoms with Crippen LogP contribution in [-0.2, 0) is 6.42 Å². The Kier molecular flexibility index (Phi) is 10.0. The maximum absolute atomic E-state index is 10.1. The molecule has 1 fully saturated rings. The third-order valence-electron chi connectivity index (χ3n) is 5.27. The van der Waals surface area contributed by atoms with Gasteiger partial charge in [0.15, 0.2) is 5.96 Å². The second kappa shape index (κ2) is 12.5. The van der Waals surface area contributed by atoms with Crippen LogP contribution in [0.4, 0.5) is 5.69 Å². The van der Waals surface area contributed by atoms with Gasteiger partial charge < -0.3 is 29.7 Å². The van der Waals surface area contributed by atoms with Crippen molar-refractivity contribution in [2.75, 3.05) is 58.4 Å². The predicted octanol–water partition coefficient (Wildman–Crippen LogP) is 3.36. The summed E-state index contributed by atoms with van der Waals surface area (Å²) < 4.78 is 10.5. The third kappa shape index (κ3) is 6.81. The summed E-state index contributed by atoms with van der Waals surface area (Å²) >= 11 is 0. The molecule has 0 spiro atoms. The first-order valence-electron chi connectivity index (χ1n) is 10.4. The molecule has 2 aromatic rings. The van der Waals surface area contributed by atoms with Crippen LogP contribution in [0.15, 0.2) is 47.5 Å². The predicted molar refractivity (Wildman–Crippen MR) is 137 cm³/mol. The van der Waals surface area contributed by atoms with E-state index in [-0.39, 0.29) is 29.7 Å². The number of aromatic hydroxyl groups is 1. The number of guanidine groups is 1. The Morgan fingerprint density at radius 1 is 1.03 bits per heavy atom. The molecule has 0 atom stereocenters. The van der Waals surface area contributed by atoms with Gasteiger partial charge in [-0.05, 0) is 37.1 Å². The van der Waals surface area contributed by atoms with Crippen molar-refractivity contribution < 1.29 is 14.6 Å². The molecule has 31 heavy (non-hydrogen) atoms. The minimum atomic E-state index is 0. The van der Waals surface area contributed by atoms with Crippen LogP contribution in [0.2, 0.25) is 0 Å². The molecule has 1 aliphatic rings. The van der Waals surface area contributed by atoms with Crippen molar-refractivity contribution in [1.82, 2.24) is 10.2 Å². The number of phenolic OH excluding ortho intramolecular Hbond substituents is 1. The molecule has 2 N–H and O–H groups in total. The minimum Gasteiger partial charge on any atom is -0.508 e. The topological polar surface area (TPSA) is 69.6 Å². The van der Waals surface area contributed by atoms with E-state index < -0.39 is 0 Å². The Morgan fingerprint density at radius 2 is 1.74 bits per heavy atom. The van der Waals surface area contributed by atoms with E-state index in [2.05, 4.69) is 34.2 Å². The average molecular weight is 540 g/mol. The fraction of sp³-hybridized carbons (Fsp3) is 0.435. The van der Waals surface area contributed by atoms with Gasteiger partial charge >= 0.3 is 0 Å². The fourth-order valence-electron chi connectivity index (χ4n) is 3.57. The van der Waals surface area contributed by atoms with E-state index in [0.717, 1.165) is 50.0 Å². The number of methoxy groups -OCH3 is 2. The summed E-state index contributed by atoms with van der Waals surface area (Å²) in [6.07, 6.45) is 0.675. The number of anilines is 1. The Hall–Kier alpha value is -2.36. The summed E-state index contributed by atoms with van der Waals surface area (Å²) in [7, 11) is 3.29. The number of nitrogens with one attached hydrogen (secondary N) is 1. The smallest absolute Gasteiger partial charge is 0.194 e. The third-order valence-corrected chi connectivity index (χ3v) is 5.27. The maximum Gasteiger partial charge on any atom is 0.194 e. The molecule has 0 bridgehead atoms. The van der Waals surface area contributed by atoms with Crippen LogP contribution >= 0.6 is 24.0 Å². The number of nitrogens with zero attached hydrogens (tertiary/aromatic N) is 3. The Morgan fingerprint density at radius 3 is 2.39 bits per heavy atom. The monoisotopic (exact) mass is 540 g/mol. The Balaban J connectivity index is 0.00000341. The molecular formula is C23H33IN4O3. The molecular weight excluding hydrogens is 507 g/mol. The molecule has 0 aromatic heterocycles. The molecule has 8 heteroatoms. The number of ether oxygens (including phenoxy) is 2. The lowest BCUT2D eigenvalue weighted by atomic mass is 10.1. The minimum absolute atomic E-state index is 0. The number of aliphatic imine (C=N–C) groups is 1. The van der Waals surface area contributed by atoms with E-state index in [1.54, 1.807) is 20.3 Å². The second-order valence-corrected chi connectivity index (χ2v) is 7.16. The van der Waals surface area contributed by atoms with E-state index in [1.807, 2.05) is 24.3 Å². The van der Waals surface area contributed by atoms with Crippen LogP contribution in [0, 0.1) is 0 Å². The highest BCUT2D eigenvalue weighted by atomic mass is 127. The number of piperazine rings is 1. The van der Waals surface area contributed by atoms with Gasteiger partial charge in [-0.1, -0.05) is 12.1 Å². The van der Waals surface area contributed by atoms with E-state index in [1.165, 1.54) is 5.69 Å². The average Bonchev–Trinajstić information content (AvgIpc) is 2.79. The van der Waals surface area contributed by atoms with Gasteiger partial charge in [0.2, 0.25) is 0 Å². The molecule has 1 aliphatic heterocycles. The van der Waals surface area contributed by atoms with Crippen molar-refractivity contribution >= 4 is 35.6 Å². The van der Waals surface area contributed by atoms with Gasteiger partial charge in [-0.3, -0.25) is 4.99 Å². The van der Waals surface area contributed by atoms with Crippen LogP contribution in [0.5, 0.6) is 17.2 Å². The first-order chi connectivity index (χ1) is 14.6. The molecule has 170 valence electrons. The van der Waals surface area contributed by atoms with Crippen molar-refractivity contribution in [1.29, 1.82) is 0 Å². The van der Waals surface area contributed by atoms with E-state index >= 15 is 0 Å². The van der Waals surface area contributed by atoms with Crippen molar-refractivity contribution in [2.45, 2.75) is 13.3 Å². The van der Waals surface area contributed by atoms with Crippen LogP contribution in [-0.4, -0.2) is 69.5 Å². The van der Waals surface area contributed by atoms with Crippen molar-refractivity contribution in [3.63, 3.8) is 0 Å². The summed E-state index contributed by atoms with van der Waals surface area (Å²) in [4.78, 5) is 9.46. The van der Waals surface area contributed by atoms with E-state index in [4.69, 9.17) is 14.5 Å². The number of benzene rings is 2. The molecule has 3 rings (SSSR count). The fourth-order valence-corrected chi connectivity index (χ4v) is 3.57. The van der Waals surface area contributed by atoms with Crippen molar-refractivity contribution in [3.05, 3.63) is 48.0 Å². The van der Waals surface area contributed by atoms with E-state index in [9.17, 15) is 5.11 Å². The first kappa shape index (κ1) is 24.9. The Labute approximate surface area is 202 Å². The number of rotatable bonds is 7. The second-order valence-electron chi connectivity index (χ2n) is 7.16. The first-order valence-corrected chi connectivity index (χ1v) is 10.4. The SMILES string of the molecule is CCNC(=NCCc1ccc(OC)cc1O)N1CCN(c2cccc(OC)c2)CC1.I. The van der Waals surface area contributed by atoms with E-state index in [0.29, 0.717) is 18.7 Å². The zero-order valence-corrected chi connectivity index (χ0v) is 20.8. The van der Waals surface area contributed by atoms with Gasteiger partial charge in [-0.15, -0.1) is 24.0 Å². The van der Waals surface area contributed by atoms with Gasteiger partial charge in [-0.2, -0.15) is 0 Å². The van der Waals surface area contributed by atoms with Gasteiger partial charge in [0.25, 0.3) is 0 Å². The van der Waals surface area contributed by atoms with Crippen molar-refractivity contribution in [2.24, 2.45) is 4.99 Å². The van der Waals surface area contributed by atoms with Gasteiger partial charge in [0.05, 0.1) is 14.2 Å². The molecule has 0 amide bonds. The summed E-state index contributed by atoms with van der Waals surface area (Å²) in [5.41, 5.74) is 2.06. The zero-order chi connectivity index (χ0) is 21.3. The van der Waals surface area contributed by atoms with Crippen LogP contribution in [0.25, 0.3) is 0 Å². The molecule has 7 nitrogen and oxygen atoms in total. The molecule has 1 saturated heterocycles. The summed E-state index contributed by atoms with van der Waals surface area (Å²) in [6.45, 7) is 7.17. The Bertz CT molecular complexity index is 854. The molecule has 1 heterocycles. The summed E-state index contributed by atoms with van der Waals surface area (Å²) in [5.74, 6) is 2.71. The lowest BCUT2D eigenvalue weighted by Crippen LogP contribution is -2.52. The molecule has 2 aromatic carbocycles. The lowest BCUT2D eigenvalue weighted by molar-refractivity contribution is 0.372. The molecule has 0 saturated carbocycles. The lowest BCUT2D eigenvalue weighted by Gasteiger charge is -2.37. The van der Waals surface area contributed by atoms with Crippen LogP contribution in [0.3, 0.4) is 0 Å². The number of hydrogen-bond donors (Lipinski definition) is 2. The quantitative estimate of drug-likeness (QED) is 0.319. The van der Waals surface area contributed by atoms with Gasteiger partial charge in [0.1, 0.15) is 17.2 Å². The highest BCUT2D eigenvalue weighted by Crippen LogP contribution is 2.24. The summed E-state index contributed by atoms with van der Waals surface area (Å²) in [5, 5.41) is 13.5. The number of phenols is 1. The zero-order valence-electron chi connectivity index (χ0n) is 18.5. The summed E-state index contributed by atoms with van der Waals surface area (Å²) in [6, 6.07) is 13.6. The van der Waals surface area contributed by atoms with Crippen LogP contribution in [0.1, 0.15) is 12.5 Å².